The van der Waals surface area contributed by atoms with Crippen molar-refractivity contribution in [3.8, 4) is 0 Å². The van der Waals surface area contributed by atoms with E-state index in [0.717, 1.165) is 0 Å². The van der Waals surface area contributed by atoms with Crippen LogP contribution in [0.3, 0.4) is 0 Å². The van der Waals surface area contributed by atoms with Gasteiger partial charge in [-0.2, -0.15) is 0 Å². The Hall–Kier alpha value is -1.46. The Morgan fingerprint density at radius 1 is 1.50 bits per heavy atom. The monoisotopic (exact) mass is 178 g/mol. The number of hydrogen-bond acceptors (Lipinski definition) is 2. The van der Waals surface area contributed by atoms with Crippen LogP contribution in [0.4, 0.5) is 18.9 Å². The van der Waals surface area contributed by atoms with Crippen LogP contribution in [0.5, 0.6) is 0 Å². The molecule has 1 aromatic heterocycles. The molecule has 0 fully saturated rings. The van der Waals surface area contributed by atoms with E-state index in [2.05, 4.69) is 0 Å². The van der Waals surface area contributed by atoms with Gasteiger partial charge in [-0.15, -0.1) is 0 Å². The molecule has 3 N–H and O–H groups in total. The maximum absolute atomic E-state index is 12.4. The quantitative estimate of drug-likeness (QED) is 0.674. The van der Waals surface area contributed by atoms with Crippen molar-refractivity contribution in [2.75, 3.05) is 5.73 Å². The lowest BCUT2D eigenvalue weighted by Crippen LogP contribution is -2.15. The number of H-pyrrole nitrogens is 1. The SMILES string of the molecule is Nc1cc(F)c(=O)[nH]c1C(F)F. The number of hydrogen-bond donors (Lipinski definition) is 2. The van der Waals surface area contributed by atoms with Gasteiger partial charge < -0.3 is 10.7 Å². The normalized spacial score (nSPS) is 10.7. The molecule has 1 rings (SSSR count). The summed E-state index contributed by atoms with van der Waals surface area (Å²) >= 11 is 0. The predicted molar refractivity (Wildman–Crippen MR) is 36.4 cm³/mol. The average molecular weight is 178 g/mol. The summed E-state index contributed by atoms with van der Waals surface area (Å²) in [4.78, 5) is 12.1. The third-order valence-electron chi connectivity index (χ3n) is 1.28. The number of halogens is 3. The summed E-state index contributed by atoms with van der Waals surface area (Å²) in [5.41, 5.74) is 2.60. The fraction of sp³-hybridized carbons (Fsp3) is 0.167. The van der Waals surface area contributed by atoms with E-state index in [1.807, 2.05) is 0 Å². The van der Waals surface area contributed by atoms with Crippen LogP contribution in [-0.2, 0) is 0 Å². The van der Waals surface area contributed by atoms with Gasteiger partial charge in [0, 0.05) is 6.07 Å². The van der Waals surface area contributed by atoms with Crippen LogP contribution in [0.15, 0.2) is 10.9 Å². The van der Waals surface area contributed by atoms with E-state index in [1.165, 1.54) is 0 Å². The number of alkyl halides is 2. The number of aromatic nitrogens is 1. The minimum absolute atomic E-state index is 0.456. The fourth-order valence-corrected chi connectivity index (χ4v) is 0.715. The van der Waals surface area contributed by atoms with Crippen LogP contribution >= 0.6 is 0 Å². The molecule has 0 spiro atoms. The van der Waals surface area contributed by atoms with Gasteiger partial charge in [-0.1, -0.05) is 0 Å². The molecule has 0 amide bonds. The molecule has 0 atom stereocenters. The fourth-order valence-electron chi connectivity index (χ4n) is 0.715. The zero-order chi connectivity index (χ0) is 9.30. The van der Waals surface area contributed by atoms with Crippen molar-refractivity contribution < 1.29 is 13.2 Å². The maximum Gasteiger partial charge on any atom is 0.284 e. The lowest BCUT2D eigenvalue weighted by molar-refractivity contribution is 0.146. The molecule has 6 heteroatoms. The minimum Gasteiger partial charge on any atom is -0.397 e. The average Bonchev–Trinajstić information content (AvgIpc) is 1.96. The largest absolute Gasteiger partial charge is 0.397 e. The van der Waals surface area contributed by atoms with Crippen molar-refractivity contribution in [2.24, 2.45) is 0 Å². The molecule has 3 nitrogen and oxygen atoms in total. The second-order valence-electron chi connectivity index (χ2n) is 2.12. The highest BCUT2D eigenvalue weighted by atomic mass is 19.3. The number of pyridine rings is 1. The van der Waals surface area contributed by atoms with E-state index in [-0.39, 0.29) is 0 Å². The first-order chi connectivity index (χ1) is 5.52. The van der Waals surface area contributed by atoms with E-state index in [9.17, 15) is 18.0 Å². The molecule has 1 aromatic rings. The van der Waals surface area contributed by atoms with Gasteiger partial charge in [0.15, 0.2) is 5.82 Å². The summed E-state index contributed by atoms with van der Waals surface area (Å²) in [5, 5.41) is 0. The van der Waals surface area contributed by atoms with E-state index in [1.54, 1.807) is 4.98 Å². The van der Waals surface area contributed by atoms with Crippen LogP contribution in [0, 0.1) is 5.82 Å². The number of anilines is 1. The third-order valence-corrected chi connectivity index (χ3v) is 1.28. The third kappa shape index (κ3) is 1.41. The van der Waals surface area contributed by atoms with Crippen molar-refractivity contribution in [2.45, 2.75) is 6.43 Å². The van der Waals surface area contributed by atoms with Gasteiger partial charge in [-0.05, 0) is 0 Å². The highest BCUT2D eigenvalue weighted by Crippen LogP contribution is 2.20. The van der Waals surface area contributed by atoms with Gasteiger partial charge in [-0.3, -0.25) is 4.79 Å². The summed E-state index contributed by atoms with van der Waals surface area (Å²) in [7, 11) is 0. The highest BCUT2D eigenvalue weighted by molar-refractivity contribution is 5.42. The van der Waals surface area contributed by atoms with E-state index >= 15 is 0 Å². The molecule has 12 heavy (non-hydrogen) atoms. The minimum atomic E-state index is -2.90. The molecule has 0 aliphatic heterocycles. The highest BCUT2D eigenvalue weighted by Gasteiger charge is 2.14. The lowest BCUT2D eigenvalue weighted by Gasteiger charge is -2.02. The van der Waals surface area contributed by atoms with Gasteiger partial charge in [0.05, 0.1) is 5.69 Å². The van der Waals surface area contributed by atoms with Gasteiger partial charge in [0.1, 0.15) is 5.69 Å². The molecule has 0 aliphatic carbocycles. The first-order valence-electron chi connectivity index (χ1n) is 2.98. The Morgan fingerprint density at radius 2 is 2.08 bits per heavy atom. The van der Waals surface area contributed by atoms with Crippen LogP contribution in [0.1, 0.15) is 12.1 Å². The molecular weight excluding hydrogens is 173 g/mol. The summed E-state index contributed by atoms with van der Waals surface area (Å²) < 4.78 is 36.3. The number of nitrogen functional groups attached to an aromatic ring is 1. The zero-order valence-electron chi connectivity index (χ0n) is 5.77. The van der Waals surface area contributed by atoms with Crippen molar-refractivity contribution in [3.05, 3.63) is 27.9 Å². The molecule has 66 valence electrons. The number of rotatable bonds is 1. The van der Waals surface area contributed by atoms with Crippen LogP contribution in [0.2, 0.25) is 0 Å². The summed E-state index contributed by atoms with van der Waals surface area (Å²) in [6.07, 6.45) is -2.90. The van der Waals surface area contributed by atoms with E-state index in [4.69, 9.17) is 5.73 Å². The molecular formula is C6H5F3N2O. The maximum atomic E-state index is 12.4. The van der Waals surface area contributed by atoms with E-state index in [0.29, 0.717) is 6.07 Å². The Labute approximate surface area is 65.0 Å². The second kappa shape index (κ2) is 2.88. The predicted octanol–water partition coefficient (Wildman–Crippen LogP) is 1.03. The van der Waals surface area contributed by atoms with Gasteiger partial charge >= 0.3 is 0 Å². The Kier molecular flexibility index (Phi) is 2.07. The molecule has 0 bridgehead atoms. The second-order valence-corrected chi connectivity index (χ2v) is 2.12. The van der Waals surface area contributed by atoms with Crippen molar-refractivity contribution in [1.82, 2.24) is 4.98 Å². The van der Waals surface area contributed by atoms with E-state index < -0.39 is 29.2 Å². The van der Waals surface area contributed by atoms with Crippen LogP contribution in [0.25, 0.3) is 0 Å². The molecule has 0 aromatic carbocycles. The number of aromatic amines is 1. The molecule has 0 saturated heterocycles. The Morgan fingerprint density at radius 3 is 2.58 bits per heavy atom. The molecule has 0 saturated carbocycles. The summed E-state index contributed by atoms with van der Waals surface area (Å²) in [6, 6.07) is 0.570. The van der Waals surface area contributed by atoms with Gasteiger partial charge in [0.25, 0.3) is 12.0 Å². The molecule has 0 radical (unpaired) electrons. The van der Waals surface area contributed by atoms with Crippen molar-refractivity contribution in [1.29, 1.82) is 0 Å². The Balaban J connectivity index is 3.33. The summed E-state index contributed by atoms with van der Waals surface area (Å²) in [6.45, 7) is 0. The number of nitrogens with two attached hydrogens (primary N) is 1. The topological polar surface area (TPSA) is 58.9 Å². The molecule has 1 heterocycles. The van der Waals surface area contributed by atoms with Crippen molar-refractivity contribution in [3.63, 3.8) is 0 Å². The van der Waals surface area contributed by atoms with Gasteiger partial charge in [0.2, 0.25) is 0 Å². The smallest absolute Gasteiger partial charge is 0.284 e. The number of nitrogens with one attached hydrogen (secondary N) is 1. The zero-order valence-corrected chi connectivity index (χ0v) is 5.77. The lowest BCUT2D eigenvalue weighted by atomic mass is 10.3. The molecule has 0 aliphatic rings. The molecule has 0 unspecified atom stereocenters. The first-order valence-corrected chi connectivity index (χ1v) is 2.98. The summed E-state index contributed by atoms with van der Waals surface area (Å²) in [5.74, 6) is -1.17. The van der Waals surface area contributed by atoms with Crippen LogP contribution in [-0.4, -0.2) is 4.98 Å². The first kappa shape index (κ1) is 8.63. The Bertz CT molecular complexity index is 347. The standard InChI is InChI=1S/C6H5F3N2O/c7-2-1-3(10)4(5(8)9)11-6(2)12/h1,5H,10H2,(H,11,12). The van der Waals surface area contributed by atoms with Crippen LogP contribution < -0.4 is 11.3 Å². The van der Waals surface area contributed by atoms with Gasteiger partial charge in [-0.25, -0.2) is 13.2 Å². The van der Waals surface area contributed by atoms with Crippen molar-refractivity contribution >= 4 is 5.69 Å².